The Balaban J connectivity index is 2.79. The van der Waals surface area contributed by atoms with E-state index in [2.05, 4.69) is 37.2 Å². The Labute approximate surface area is 119 Å². The first-order valence-corrected chi connectivity index (χ1v) is 8.67. The molecule has 96 valence electrons. The molecule has 1 atom stereocenters. The van der Waals surface area contributed by atoms with E-state index in [4.69, 9.17) is 0 Å². The van der Waals surface area contributed by atoms with Gasteiger partial charge in [-0.15, -0.1) is 0 Å². The third-order valence-electron chi connectivity index (χ3n) is 2.30. The maximum atomic E-state index is 11.5. The van der Waals surface area contributed by atoms with Crippen LogP contribution in [-0.2, 0) is 9.84 Å². The summed E-state index contributed by atoms with van der Waals surface area (Å²) in [4.78, 5) is 0. The number of hydrogen-bond donors (Lipinski definition) is 1. The molecular weight excluding hydrogens is 370 g/mol. The number of anilines is 1. The van der Waals surface area contributed by atoms with Crippen molar-refractivity contribution in [3.63, 3.8) is 0 Å². The fraction of sp³-hybridized carbons (Fsp3) is 0.455. The van der Waals surface area contributed by atoms with E-state index >= 15 is 0 Å². The summed E-state index contributed by atoms with van der Waals surface area (Å²) in [7, 11) is -2.96. The monoisotopic (exact) mass is 383 g/mol. The Bertz CT molecular complexity index is 468. The maximum Gasteiger partial charge on any atom is 0.152 e. The predicted molar refractivity (Wildman–Crippen MR) is 79.3 cm³/mol. The minimum absolute atomic E-state index is 0.130. The van der Waals surface area contributed by atoms with Crippen molar-refractivity contribution < 1.29 is 8.42 Å². The lowest BCUT2D eigenvalue weighted by molar-refractivity contribution is 0.593. The molecule has 1 unspecified atom stereocenters. The van der Waals surface area contributed by atoms with Crippen molar-refractivity contribution >= 4 is 47.4 Å². The number of nitrogens with one attached hydrogen (secondary N) is 1. The summed E-state index contributed by atoms with van der Waals surface area (Å²) < 4.78 is 24.8. The van der Waals surface area contributed by atoms with Crippen molar-refractivity contribution in [1.29, 1.82) is 0 Å². The van der Waals surface area contributed by atoms with Crippen LogP contribution in [-0.4, -0.2) is 26.0 Å². The van der Waals surface area contributed by atoms with Crippen molar-refractivity contribution in [3.8, 4) is 0 Å². The van der Waals surface area contributed by atoms with Crippen LogP contribution >= 0.6 is 31.9 Å². The number of benzene rings is 1. The third-order valence-corrected chi connectivity index (χ3v) is 5.51. The average Bonchev–Trinajstić information content (AvgIpc) is 2.23. The second kappa shape index (κ2) is 6.20. The molecule has 0 aromatic heterocycles. The van der Waals surface area contributed by atoms with E-state index in [9.17, 15) is 8.42 Å². The van der Waals surface area contributed by atoms with Gasteiger partial charge in [-0.3, -0.25) is 0 Å². The van der Waals surface area contributed by atoms with Crippen LogP contribution in [0.3, 0.4) is 0 Å². The van der Waals surface area contributed by atoms with Crippen LogP contribution in [0.4, 0.5) is 5.69 Å². The van der Waals surface area contributed by atoms with Gasteiger partial charge in [0.2, 0.25) is 0 Å². The van der Waals surface area contributed by atoms with E-state index in [1.807, 2.05) is 25.1 Å². The lowest BCUT2D eigenvalue weighted by atomic mass is 10.3. The summed E-state index contributed by atoms with van der Waals surface area (Å²) >= 11 is 6.86. The molecule has 1 aromatic carbocycles. The minimum Gasteiger partial charge on any atom is -0.380 e. The molecule has 0 radical (unpaired) electrons. The molecule has 1 N–H and O–H groups in total. The molecule has 0 aliphatic heterocycles. The summed E-state index contributed by atoms with van der Waals surface area (Å²) in [5, 5.41) is 3.20. The van der Waals surface area contributed by atoms with Gasteiger partial charge in [0, 0.05) is 20.7 Å². The molecule has 0 aliphatic carbocycles. The summed E-state index contributed by atoms with van der Waals surface area (Å²) in [6, 6.07) is 5.60. The second-order valence-electron chi connectivity index (χ2n) is 3.84. The van der Waals surface area contributed by atoms with E-state index in [0.29, 0.717) is 0 Å². The molecule has 0 heterocycles. The topological polar surface area (TPSA) is 46.2 Å². The normalized spacial score (nSPS) is 13.4. The van der Waals surface area contributed by atoms with Gasteiger partial charge in [0.25, 0.3) is 0 Å². The van der Waals surface area contributed by atoms with Gasteiger partial charge in [-0.25, -0.2) is 8.42 Å². The van der Waals surface area contributed by atoms with E-state index in [0.717, 1.165) is 14.6 Å². The highest BCUT2D eigenvalue weighted by atomic mass is 79.9. The van der Waals surface area contributed by atoms with Gasteiger partial charge in [0.1, 0.15) is 0 Å². The smallest absolute Gasteiger partial charge is 0.152 e. The van der Waals surface area contributed by atoms with Gasteiger partial charge in [0.15, 0.2) is 9.84 Å². The SMILES string of the molecule is CCS(=O)(=O)CC(C)Nc1c(Br)cccc1Br. The van der Waals surface area contributed by atoms with Crippen molar-refractivity contribution in [3.05, 3.63) is 27.1 Å². The van der Waals surface area contributed by atoms with Gasteiger partial charge in [0.05, 0.1) is 11.4 Å². The zero-order valence-corrected chi connectivity index (χ0v) is 13.7. The number of para-hydroxylation sites is 1. The first-order chi connectivity index (χ1) is 7.85. The quantitative estimate of drug-likeness (QED) is 0.845. The van der Waals surface area contributed by atoms with Crippen molar-refractivity contribution in [2.75, 3.05) is 16.8 Å². The standard InChI is InChI=1S/C11H15Br2NO2S/c1-3-17(15,16)7-8(2)14-11-9(12)5-4-6-10(11)13/h4-6,8,14H,3,7H2,1-2H3. The molecule has 6 heteroatoms. The van der Waals surface area contributed by atoms with Gasteiger partial charge < -0.3 is 5.32 Å². The van der Waals surface area contributed by atoms with E-state index in [1.54, 1.807) is 6.92 Å². The van der Waals surface area contributed by atoms with Crippen LogP contribution in [0.25, 0.3) is 0 Å². The Morgan fingerprint density at radius 3 is 2.29 bits per heavy atom. The molecule has 1 aromatic rings. The fourth-order valence-corrected chi connectivity index (χ4v) is 3.73. The average molecular weight is 385 g/mol. The molecule has 0 bridgehead atoms. The van der Waals surface area contributed by atoms with Crippen LogP contribution in [0, 0.1) is 0 Å². The Hall–Kier alpha value is -0.0700. The first kappa shape index (κ1) is 15.0. The predicted octanol–water partition coefficient (Wildman–Crippen LogP) is 3.45. The number of rotatable bonds is 5. The van der Waals surface area contributed by atoms with E-state index in [-0.39, 0.29) is 17.5 Å². The highest BCUT2D eigenvalue weighted by Gasteiger charge is 2.15. The molecule has 17 heavy (non-hydrogen) atoms. The van der Waals surface area contributed by atoms with E-state index in [1.165, 1.54) is 0 Å². The zero-order chi connectivity index (χ0) is 13.1. The second-order valence-corrected chi connectivity index (χ2v) is 7.95. The lowest BCUT2D eigenvalue weighted by Gasteiger charge is -2.17. The van der Waals surface area contributed by atoms with Crippen LogP contribution in [0.2, 0.25) is 0 Å². The van der Waals surface area contributed by atoms with Crippen LogP contribution < -0.4 is 5.32 Å². The van der Waals surface area contributed by atoms with Gasteiger partial charge in [-0.2, -0.15) is 0 Å². The third kappa shape index (κ3) is 4.60. The Morgan fingerprint density at radius 2 is 1.82 bits per heavy atom. The van der Waals surface area contributed by atoms with Crippen LogP contribution in [0.1, 0.15) is 13.8 Å². The van der Waals surface area contributed by atoms with Crippen molar-refractivity contribution in [1.82, 2.24) is 0 Å². The van der Waals surface area contributed by atoms with Gasteiger partial charge >= 0.3 is 0 Å². The highest BCUT2D eigenvalue weighted by Crippen LogP contribution is 2.31. The minimum atomic E-state index is -2.96. The fourth-order valence-electron chi connectivity index (χ4n) is 1.42. The molecule has 0 saturated heterocycles. The molecule has 3 nitrogen and oxygen atoms in total. The number of hydrogen-bond acceptors (Lipinski definition) is 3. The summed E-state index contributed by atoms with van der Waals surface area (Å²) in [6.07, 6.45) is 0. The number of halogens is 2. The van der Waals surface area contributed by atoms with Crippen molar-refractivity contribution in [2.24, 2.45) is 0 Å². The van der Waals surface area contributed by atoms with E-state index < -0.39 is 9.84 Å². The van der Waals surface area contributed by atoms with Gasteiger partial charge in [-0.1, -0.05) is 13.0 Å². The van der Waals surface area contributed by atoms with Crippen LogP contribution in [0.5, 0.6) is 0 Å². The van der Waals surface area contributed by atoms with Gasteiger partial charge in [-0.05, 0) is 50.9 Å². The Kier molecular flexibility index (Phi) is 5.47. The number of sulfone groups is 1. The first-order valence-electron chi connectivity index (χ1n) is 5.26. The highest BCUT2D eigenvalue weighted by molar-refractivity contribution is 9.11. The van der Waals surface area contributed by atoms with Crippen LogP contribution in [0.15, 0.2) is 27.1 Å². The largest absolute Gasteiger partial charge is 0.380 e. The molecule has 0 aliphatic rings. The molecule has 0 spiro atoms. The summed E-state index contributed by atoms with van der Waals surface area (Å²) in [5.74, 6) is 0.313. The van der Waals surface area contributed by atoms with Crippen molar-refractivity contribution in [2.45, 2.75) is 19.9 Å². The molecule has 1 rings (SSSR count). The summed E-state index contributed by atoms with van der Waals surface area (Å²) in [5.41, 5.74) is 0.881. The lowest BCUT2D eigenvalue weighted by Crippen LogP contribution is -2.27. The molecule has 0 amide bonds. The molecular formula is C11H15Br2NO2S. The summed E-state index contributed by atoms with van der Waals surface area (Å²) in [6.45, 7) is 3.52. The molecule has 0 fully saturated rings. The maximum absolute atomic E-state index is 11.5. The Morgan fingerprint density at radius 1 is 1.29 bits per heavy atom. The molecule has 0 saturated carbocycles. The zero-order valence-electron chi connectivity index (χ0n) is 9.70.